The molecule has 0 aliphatic carbocycles. The Balaban J connectivity index is 2.08. The molecule has 1 atom stereocenters. The molecule has 0 aromatic carbocycles. The SMILES string of the molecule is CCCN(C)CC1CCCS1. The van der Waals surface area contributed by atoms with Crippen LogP contribution in [-0.4, -0.2) is 36.0 Å². The van der Waals surface area contributed by atoms with E-state index in [9.17, 15) is 0 Å². The van der Waals surface area contributed by atoms with Crippen molar-refractivity contribution in [3.05, 3.63) is 0 Å². The summed E-state index contributed by atoms with van der Waals surface area (Å²) >= 11 is 2.15. The summed E-state index contributed by atoms with van der Waals surface area (Å²) in [6.07, 6.45) is 4.17. The van der Waals surface area contributed by atoms with Crippen molar-refractivity contribution in [2.75, 3.05) is 25.9 Å². The van der Waals surface area contributed by atoms with Crippen LogP contribution in [0.25, 0.3) is 0 Å². The third kappa shape index (κ3) is 3.48. The number of thioether (sulfide) groups is 1. The predicted octanol–water partition coefficient (Wildman–Crippen LogP) is 2.22. The van der Waals surface area contributed by atoms with Crippen molar-refractivity contribution in [3.8, 4) is 0 Å². The first-order valence-corrected chi connectivity index (χ1v) is 5.68. The number of hydrogen-bond donors (Lipinski definition) is 0. The van der Waals surface area contributed by atoms with Gasteiger partial charge in [-0.3, -0.25) is 0 Å². The van der Waals surface area contributed by atoms with Crippen LogP contribution in [0.3, 0.4) is 0 Å². The van der Waals surface area contributed by atoms with E-state index in [0.717, 1.165) is 5.25 Å². The van der Waals surface area contributed by atoms with Crippen LogP contribution in [0.2, 0.25) is 0 Å². The summed E-state index contributed by atoms with van der Waals surface area (Å²) in [5.74, 6) is 1.39. The van der Waals surface area contributed by atoms with Gasteiger partial charge in [-0.2, -0.15) is 11.8 Å². The van der Waals surface area contributed by atoms with Crippen LogP contribution in [-0.2, 0) is 0 Å². The summed E-state index contributed by atoms with van der Waals surface area (Å²) in [6.45, 7) is 4.81. The second kappa shape index (κ2) is 5.04. The molecule has 0 bridgehead atoms. The van der Waals surface area contributed by atoms with Gasteiger partial charge in [0, 0.05) is 11.8 Å². The molecule has 0 radical (unpaired) electrons. The summed E-state index contributed by atoms with van der Waals surface area (Å²) in [4.78, 5) is 2.46. The van der Waals surface area contributed by atoms with Crippen molar-refractivity contribution < 1.29 is 0 Å². The summed E-state index contributed by atoms with van der Waals surface area (Å²) in [6, 6.07) is 0. The molecule has 11 heavy (non-hydrogen) atoms. The van der Waals surface area contributed by atoms with Gasteiger partial charge in [0.25, 0.3) is 0 Å². The van der Waals surface area contributed by atoms with Gasteiger partial charge in [0.2, 0.25) is 0 Å². The molecule has 0 aromatic heterocycles. The number of nitrogens with zero attached hydrogens (tertiary/aromatic N) is 1. The Labute approximate surface area is 74.5 Å². The van der Waals surface area contributed by atoms with Crippen LogP contribution in [0, 0.1) is 0 Å². The highest BCUT2D eigenvalue weighted by Gasteiger charge is 2.16. The second-order valence-electron chi connectivity index (χ2n) is 3.40. The van der Waals surface area contributed by atoms with Gasteiger partial charge in [-0.25, -0.2) is 0 Å². The fraction of sp³-hybridized carbons (Fsp3) is 1.00. The summed E-state index contributed by atoms with van der Waals surface area (Å²) in [7, 11) is 2.24. The van der Waals surface area contributed by atoms with Gasteiger partial charge in [-0.05, 0) is 38.6 Å². The van der Waals surface area contributed by atoms with Gasteiger partial charge < -0.3 is 4.90 Å². The maximum atomic E-state index is 2.46. The molecule has 1 saturated heterocycles. The fourth-order valence-electron chi connectivity index (χ4n) is 1.61. The second-order valence-corrected chi connectivity index (χ2v) is 4.81. The molecule has 1 fully saturated rings. The number of hydrogen-bond acceptors (Lipinski definition) is 2. The van der Waals surface area contributed by atoms with Crippen LogP contribution >= 0.6 is 11.8 Å². The molecule has 1 nitrogen and oxygen atoms in total. The van der Waals surface area contributed by atoms with Crippen LogP contribution in [0.5, 0.6) is 0 Å². The Hall–Kier alpha value is 0.310. The van der Waals surface area contributed by atoms with E-state index in [2.05, 4.69) is 30.6 Å². The van der Waals surface area contributed by atoms with Crippen LogP contribution in [0.15, 0.2) is 0 Å². The van der Waals surface area contributed by atoms with Gasteiger partial charge in [0.05, 0.1) is 0 Å². The quantitative estimate of drug-likeness (QED) is 0.641. The van der Waals surface area contributed by atoms with Crippen molar-refractivity contribution in [1.82, 2.24) is 4.90 Å². The zero-order valence-electron chi connectivity index (χ0n) is 7.68. The van der Waals surface area contributed by atoms with Crippen LogP contribution in [0.1, 0.15) is 26.2 Å². The van der Waals surface area contributed by atoms with Crippen molar-refractivity contribution in [2.45, 2.75) is 31.4 Å². The summed E-state index contributed by atoms with van der Waals surface area (Å²) in [5, 5.41) is 0.937. The van der Waals surface area contributed by atoms with E-state index in [0.29, 0.717) is 0 Å². The van der Waals surface area contributed by atoms with Crippen LogP contribution in [0.4, 0.5) is 0 Å². The zero-order valence-corrected chi connectivity index (χ0v) is 8.49. The zero-order chi connectivity index (χ0) is 8.10. The van der Waals surface area contributed by atoms with E-state index in [1.54, 1.807) is 0 Å². The van der Waals surface area contributed by atoms with Crippen molar-refractivity contribution in [2.24, 2.45) is 0 Å². The van der Waals surface area contributed by atoms with Gasteiger partial charge in [-0.15, -0.1) is 0 Å². The first kappa shape index (κ1) is 9.40. The van der Waals surface area contributed by atoms with E-state index in [1.807, 2.05) is 0 Å². The molecule has 0 N–H and O–H groups in total. The smallest absolute Gasteiger partial charge is 0.0175 e. The third-order valence-corrected chi connectivity index (χ3v) is 3.53. The van der Waals surface area contributed by atoms with E-state index in [-0.39, 0.29) is 0 Å². The minimum Gasteiger partial charge on any atom is -0.305 e. The molecule has 1 aliphatic rings. The molecule has 0 aromatic rings. The highest BCUT2D eigenvalue weighted by atomic mass is 32.2. The van der Waals surface area contributed by atoms with Crippen LogP contribution < -0.4 is 0 Å². The Morgan fingerprint density at radius 2 is 2.36 bits per heavy atom. The normalized spacial score (nSPS) is 24.8. The highest BCUT2D eigenvalue weighted by molar-refractivity contribution is 8.00. The topological polar surface area (TPSA) is 3.24 Å². The first-order valence-electron chi connectivity index (χ1n) is 4.63. The van der Waals surface area contributed by atoms with Gasteiger partial charge >= 0.3 is 0 Å². The minimum absolute atomic E-state index is 0.937. The average Bonchev–Trinajstić information content (AvgIpc) is 2.40. The Bertz CT molecular complexity index is 99.7. The Kier molecular flexibility index (Phi) is 4.31. The molecular weight excluding hydrogens is 154 g/mol. The lowest BCUT2D eigenvalue weighted by Gasteiger charge is -2.19. The number of rotatable bonds is 4. The average molecular weight is 173 g/mol. The largest absolute Gasteiger partial charge is 0.305 e. The molecule has 66 valence electrons. The molecule has 0 amide bonds. The monoisotopic (exact) mass is 173 g/mol. The lowest BCUT2D eigenvalue weighted by atomic mass is 10.2. The van der Waals surface area contributed by atoms with E-state index >= 15 is 0 Å². The summed E-state index contributed by atoms with van der Waals surface area (Å²) < 4.78 is 0. The van der Waals surface area contributed by atoms with Crippen molar-refractivity contribution >= 4 is 11.8 Å². The maximum Gasteiger partial charge on any atom is 0.0175 e. The molecular formula is C9H19NS. The first-order chi connectivity index (χ1) is 5.33. The minimum atomic E-state index is 0.937. The predicted molar refractivity (Wildman–Crippen MR) is 53.3 cm³/mol. The standard InChI is InChI=1S/C9H19NS/c1-3-6-10(2)8-9-5-4-7-11-9/h9H,3-8H2,1-2H3. The highest BCUT2D eigenvalue weighted by Crippen LogP contribution is 2.26. The van der Waals surface area contributed by atoms with E-state index in [1.165, 1.54) is 38.1 Å². The molecule has 0 spiro atoms. The molecule has 1 heterocycles. The third-order valence-electron chi connectivity index (χ3n) is 2.14. The molecule has 1 rings (SSSR count). The van der Waals surface area contributed by atoms with Crippen molar-refractivity contribution in [1.29, 1.82) is 0 Å². The molecule has 2 heteroatoms. The molecule has 1 aliphatic heterocycles. The maximum absolute atomic E-state index is 2.46. The Morgan fingerprint density at radius 3 is 2.91 bits per heavy atom. The van der Waals surface area contributed by atoms with Crippen molar-refractivity contribution in [3.63, 3.8) is 0 Å². The van der Waals surface area contributed by atoms with Gasteiger partial charge in [0.1, 0.15) is 0 Å². The van der Waals surface area contributed by atoms with E-state index < -0.39 is 0 Å². The van der Waals surface area contributed by atoms with Gasteiger partial charge in [0.15, 0.2) is 0 Å². The fourth-order valence-corrected chi connectivity index (χ4v) is 2.97. The molecule has 0 saturated carbocycles. The van der Waals surface area contributed by atoms with Gasteiger partial charge in [-0.1, -0.05) is 6.92 Å². The lowest BCUT2D eigenvalue weighted by molar-refractivity contribution is 0.333. The summed E-state index contributed by atoms with van der Waals surface area (Å²) in [5.41, 5.74) is 0. The lowest BCUT2D eigenvalue weighted by Crippen LogP contribution is -2.26. The van der Waals surface area contributed by atoms with E-state index in [4.69, 9.17) is 0 Å². The molecule has 1 unspecified atom stereocenters. The Morgan fingerprint density at radius 1 is 1.55 bits per heavy atom.